The molecule has 5 nitrogen and oxygen atoms in total. The normalized spacial score (nSPS) is 22.1. The van der Waals surface area contributed by atoms with Crippen LogP contribution >= 0.6 is 0 Å². The van der Waals surface area contributed by atoms with Crippen molar-refractivity contribution in [3.63, 3.8) is 0 Å². The number of nitrogens with one attached hydrogen (secondary N) is 1. The maximum absolute atomic E-state index is 13.4. The Morgan fingerprint density at radius 2 is 1.96 bits per heavy atom. The monoisotopic (exact) mass is 370 g/mol. The molecule has 27 heavy (non-hydrogen) atoms. The SMILES string of the molecule is CC(=O)OCN1C(=O)C2(CCNCC2)c2cc(CC3CCCCC3)ccc21. The minimum Gasteiger partial charge on any atom is -0.444 e. The van der Waals surface area contributed by atoms with Crippen molar-refractivity contribution in [2.45, 2.75) is 63.7 Å². The van der Waals surface area contributed by atoms with Gasteiger partial charge in [-0.2, -0.15) is 0 Å². The van der Waals surface area contributed by atoms with E-state index >= 15 is 0 Å². The highest BCUT2D eigenvalue weighted by Gasteiger charge is 2.51. The molecule has 0 radical (unpaired) electrons. The standard InChI is InChI=1S/C22H30N2O3/c1-16(25)27-15-24-20-8-7-18(13-17-5-3-2-4-6-17)14-19(20)22(21(24)26)9-11-23-12-10-22/h7-8,14,17,23H,2-6,9-13,15H2,1H3. The molecule has 1 aromatic rings. The summed E-state index contributed by atoms with van der Waals surface area (Å²) in [5.41, 5.74) is 2.97. The lowest BCUT2D eigenvalue weighted by molar-refractivity contribution is -0.141. The summed E-state index contributed by atoms with van der Waals surface area (Å²) in [6.07, 6.45) is 9.44. The zero-order valence-corrected chi connectivity index (χ0v) is 16.3. The van der Waals surface area contributed by atoms with Crippen molar-refractivity contribution in [1.29, 1.82) is 0 Å². The molecule has 3 aliphatic rings. The average molecular weight is 370 g/mol. The first-order valence-corrected chi connectivity index (χ1v) is 10.4. The maximum Gasteiger partial charge on any atom is 0.304 e. The highest BCUT2D eigenvalue weighted by atomic mass is 16.5. The van der Waals surface area contributed by atoms with Crippen LogP contribution in [0.3, 0.4) is 0 Å². The minimum absolute atomic E-state index is 0.0122. The lowest BCUT2D eigenvalue weighted by atomic mass is 9.73. The van der Waals surface area contributed by atoms with Crippen LogP contribution in [-0.4, -0.2) is 31.7 Å². The molecule has 146 valence electrons. The second kappa shape index (κ2) is 7.63. The zero-order valence-electron chi connectivity index (χ0n) is 16.3. The third-order valence-electron chi connectivity index (χ3n) is 6.63. The average Bonchev–Trinajstić information content (AvgIpc) is 2.90. The van der Waals surface area contributed by atoms with Crippen molar-refractivity contribution in [3.8, 4) is 0 Å². The molecule has 2 heterocycles. The van der Waals surface area contributed by atoms with Crippen LogP contribution in [0.5, 0.6) is 0 Å². The van der Waals surface area contributed by atoms with Gasteiger partial charge in [0.05, 0.1) is 11.1 Å². The Bertz CT molecular complexity index is 718. The van der Waals surface area contributed by atoms with E-state index in [-0.39, 0.29) is 18.6 Å². The summed E-state index contributed by atoms with van der Waals surface area (Å²) in [4.78, 5) is 26.3. The van der Waals surface area contributed by atoms with Gasteiger partial charge in [-0.25, -0.2) is 0 Å². The summed E-state index contributed by atoms with van der Waals surface area (Å²) in [5.74, 6) is 0.509. The number of fused-ring (bicyclic) bond motifs is 2. The van der Waals surface area contributed by atoms with Crippen LogP contribution in [0.2, 0.25) is 0 Å². The van der Waals surface area contributed by atoms with Gasteiger partial charge < -0.3 is 10.1 Å². The molecule has 1 aliphatic carbocycles. The van der Waals surface area contributed by atoms with E-state index in [1.807, 2.05) is 0 Å². The molecule has 0 atom stereocenters. The lowest BCUT2D eigenvalue weighted by Crippen LogP contribution is -2.47. The molecular weight excluding hydrogens is 340 g/mol. The molecule has 1 aromatic carbocycles. The number of esters is 1. The zero-order chi connectivity index (χ0) is 18.9. The summed E-state index contributed by atoms with van der Waals surface area (Å²) in [5, 5.41) is 3.38. The molecule has 1 N–H and O–H groups in total. The number of benzene rings is 1. The molecule has 0 bridgehead atoms. The number of piperidine rings is 1. The van der Waals surface area contributed by atoms with E-state index in [1.54, 1.807) is 4.90 Å². The van der Waals surface area contributed by atoms with E-state index in [0.717, 1.165) is 49.5 Å². The highest BCUT2D eigenvalue weighted by Crippen LogP contribution is 2.47. The Labute approximate surface area is 161 Å². The van der Waals surface area contributed by atoms with E-state index in [1.165, 1.54) is 44.6 Å². The quantitative estimate of drug-likeness (QED) is 0.826. The molecule has 0 aromatic heterocycles. The second-order valence-electron chi connectivity index (χ2n) is 8.39. The third kappa shape index (κ3) is 3.49. The molecule has 1 amide bonds. The number of hydrogen-bond donors (Lipinski definition) is 1. The van der Waals surface area contributed by atoms with Crippen LogP contribution in [0.1, 0.15) is 63.0 Å². The topological polar surface area (TPSA) is 58.6 Å². The lowest BCUT2D eigenvalue weighted by Gasteiger charge is -2.33. The molecule has 1 saturated heterocycles. The van der Waals surface area contributed by atoms with Crippen molar-refractivity contribution >= 4 is 17.6 Å². The second-order valence-corrected chi connectivity index (χ2v) is 8.39. The first-order valence-electron chi connectivity index (χ1n) is 10.4. The van der Waals surface area contributed by atoms with Gasteiger partial charge in [-0.05, 0) is 55.5 Å². The van der Waals surface area contributed by atoms with Crippen molar-refractivity contribution in [1.82, 2.24) is 5.32 Å². The number of nitrogens with zero attached hydrogens (tertiary/aromatic N) is 1. The summed E-state index contributed by atoms with van der Waals surface area (Å²) in [6, 6.07) is 6.52. The van der Waals surface area contributed by atoms with E-state index < -0.39 is 5.41 Å². The fourth-order valence-corrected chi connectivity index (χ4v) is 5.16. The molecular formula is C22H30N2O3. The number of ether oxygens (including phenoxy) is 1. The van der Waals surface area contributed by atoms with Gasteiger partial charge >= 0.3 is 5.97 Å². The Morgan fingerprint density at radius 1 is 1.22 bits per heavy atom. The van der Waals surface area contributed by atoms with Gasteiger partial charge in [-0.15, -0.1) is 0 Å². The number of hydrogen-bond acceptors (Lipinski definition) is 4. The third-order valence-corrected chi connectivity index (χ3v) is 6.63. The number of carbonyl (C=O) groups excluding carboxylic acids is 2. The summed E-state index contributed by atoms with van der Waals surface area (Å²) >= 11 is 0. The fourth-order valence-electron chi connectivity index (χ4n) is 5.16. The molecule has 0 unspecified atom stereocenters. The first kappa shape index (κ1) is 18.5. The molecule has 4 rings (SSSR count). The van der Waals surface area contributed by atoms with Crippen LogP contribution in [0.15, 0.2) is 18.2 Å². The number of anilines is 1. The predicted octanol–water partition coefficient (Wildman–Crippen LogP) is 3.30. The van der Waals surface area contributed by atoms with Gasteiger partial charge in [0, 0.05) is 6.92 Å². The van der Waals surface area contributed by atoms with Crippen molar-refractivity contribution in [3.05, 3.63) is 29.3 Å². The fraction of sp³-hybridized carbons (Fsp3) is 0.636. The van der Waals surface area contributed by atoms with Crippen LogP contribution in [0, 0.1) is 5.92 Å². The molecule has 5 heteroatoms. The number of amides is 1. The molecule has 2 aliphatic heterocycles. The van der Waals surface area contributed by atoms with Crippen molar-refractivity contribution in [2.75, 3.05) is 24.7 Å². The van der Waals surface area contributed by atoms with Crippen LogP contribution < -0.4 is 10.2 Å². The molecule has 1 spiro atoms. The van der Waals surface area contributed by atoms with E-state index in [9.17, 15) is 9.59 Å². The van der Waals surface area contributed by atoms with Crippen molar-refractivity contribution in [2.24, 2.45) is 5.92 Å². The smallest absolute Gasteiger partial charge is 0.304 e. The summed E-state index contributed by atoms with van der Waals surface area (Å²) in [6.45, 7) is 3.09. The van der Waals surface area contributed by atoms with Gasteiger partial charge in [0.2, 0.25) is 5.91 Å². The van der Waals surface area contributed by atoms with E-state index in [0.29, 0.717) is 0 Å². The highest BCUT2D eigenvalue weighted by molar-refractivity contribution is 6.08. The maximum atomic E-state index is 13.4. The molecule has 1 saturated carbocycles. The van der Waals surface area contributed by atoms with Gasteiger partial charge in [-0.1, -0.05) is 44.2 Å². The Kier molecular flexibility index (Phi) is 5.22. The van der Waals surface area contributed by atoms with Gasteiger partial charge in [-0.3, -0.25) is 14.5 Å². The van der Waals surface area contributed by atoms with E-state index in [4.69, 9.17) is 4.74 Å². The number of carbonyl (C=O) groups is 2. The van der Waals surface area contributed by atoms with Gasteiger partial charge in [0.1, 0.15) is 0 Å². The van der Waals surface area contributed by atoms with Gasteiger partial charge in [0.25, 0.3) is 0 Å². The largest absolute Gasteiger partial charge is 0.444 e. The summed E-state index contributed by atoms with van der Waals surface area (Å²) < 4.78 is 5.19. The van der Waals surface area contributed by atoms with Gasteiger partial charge in [0.15, 0.2) is 6.73 Å². The molecule has 2 fully saturated rings. The minimum atomic E-state index is -0.455. The summed E-state index contributed by atoms with van der Waals surface area (Å²) in [7, 11) is 0. The van der Waals surface area contributed by atoms with Crippen LogP contribution in [0.4, 0.5) is 5.69 Å². The first-order chi connectivity index (χ1) is 13.1. The Hall–Kier alpha value is -1.88. The Morgan fingerprint density at radius 3 is 2.67 bits per heavy atom. The van der Waals surface area contributed by atoms with E-state index in [2.05, 4.69) is 23.5 Å². The predicted molar refractivity (Wildman–Crippen MR) is 105 cm³/mol. The number of rotatable bonds is 4. The Balaban J connectivity index is 1.64. The van der Waals surface area contributed by atoms with Crippen LogP contribution in [-0.2, 0) is 26.2 Å². The van der Waals surface area contributed by atoms with Crippen molar-refractivity contribution < 1.29 is 14.3 Å². The van der Waals surface area contributed by atoms with Crippen LogP contribution in [0.25, 0.3) is 0 Å².